The Labute approximate surface area is 88.2 Å². The number of hydrogen-bond donors (Lipinski definition) is 1. The van der Waals surface area contributed by atoms with Crippen LogP contribution in [0.5, 0.6) is 0 Å². The molecule has 4 heteroatoms. The van der Waals surface area contributed by atoms with Crippen LogP contribution in [0.4, 0.5) is 0 Å². The third kappa shape index (κ3) is 1.76. The monoisotopic (exact) mass is 203 g/mol. The highest BCUT2D eigenvalue weighted by Gasteiger charge is 2.15. The van der Waals surface area contributed by atoms with Crippen molar-refractivity contribution in [3.05, 3.63) is 47.5 Å². The van der Waals surface area contributed by atoms with Crippen molar-refractivity contribution in [3.63, 3.8) is 0 Å². The molecule has 15 heavy (non-hydrogen) atoms. The summed E-state index contributed by atoms with van der Waals surface area (Å²) in [6.07, 6.45) is 4.39. The molecular weight excluding hydrogens is 190 g/mol. The SMILES string of the molecule is Cc1c(C(O)c2cccnc2)cnn1C. The molecule has 2 aromatic rings. The van der Waals surface area contributed by atoms with E-state index in [1.165, 1.54) is 0 Å². The van der Waals surface area contributed by atoms with Crippen LogP contribution in [0.25, 0.3) is 0 Å². The highest BCUT2D eigenvalue weighted by atomic mass is 16.3. The topological polar surface area (TPSA) is 50.9 Å². The molecule has 0 spiro atoms. The zero-order valence-corrected chi connectivity index (χ0v) is 8.75. The lowest BCUT2D eigenvalue weighted by Crippen LogP contribution is -2.02. The van der Waals surface area contributed by atoms with Crippen LogP contribution < -0.4 is 0 Å². The van der Waals surface area contributed by atoms with Gasteiger partial charge in [0.2, 0.25) is 0 Å². The maximum absolute atomic E-state index is 10.1. The lowest BCUT2D eigenvalue weighted by Gasteiger charge is -2.09. The van der Waals surface area contributed by atoms with Gasteiger partial charge in [-0.1, -0.05) is 6.07 Å². The van der Waals surface area contributed by atoms with Gasteiger partial charge >= 0.3 is 0 Å². The van der Waals surface area contributed by atoms with Crippen molar-refractivity contribution in [2.45, 2.75) is 13.0 Å². The van der Waals surface area contributed by atoms with Gasteiger partial charge < -0.3 is 5.11 Å². The first kappa shape index (κ1) is 9.86. The summed E-state index contributed by atoms with van der Waals surface area (Å²) in [7, 11) is 1.86. The van der Waals surface area contributed by atoms with Crippen LogP contribution in [0.15, 0.2) is 30.7 Å². The first-order valence-corrected chi connectivity index (χ1v) is 4.76. The van der Waals surface area contributed by atoms with Crippen molar-refractivity contribution in [1.82, 2.24) is 14.8 Å². The Kier molecular flexibility index (Phi) is 2.51. The van der Waals surface area contributed by atoms with Gasteiger partial charge in [-0.2, -0.15) is 5.10 Å². The van der Waals surface area contributed by atoms with E-state index in [0.717, 1.165) is 16.8 Å². The van der Waals surface area contributed by atoms with Crippen molar-refractivity contribution in [2.75, 3.05) is 0 Å². The summed E-state index contributed by atoms with van der Waals surface area (Å²) in [5, 5.41) is 14.2. The van der Waals surface area contributed by atoms with E-state index in [2.05, 4.69) is 10.1 Å². The average molecular weight is 203 g/mol. The first-order chi connectivity index (χ1) is 7.20. The van der Waals surface area contributed by atoms with E-state index in [9.17, 15) is 5.11 Å². The Hall–Kier alpha value is -1.68. The van der Waals surface area contributed by atoms with Crippen LogP contribution in [-0.2, 0) is 7.05 Å². The Morgan fingerprint density at radius 3 is 2.73 bits per heavy atom. The molecule has 78 valence electrons. The van der Waals surface area contributed by atoms with Crippen molar-refractivity contribution < 1.29 is 5.11 Å². The fraction of sp³-hybridized carbons (Fsp3) is 0.273. The Balaban J connectivity index is 2.37. The maximum atomic E-state index is 10.1. The van der Waals surface area contributed by atoms with Gasteiger partial charge in [0, 0.05) is 36.3 Å². The summed E-state index contributed by atoms with van der Waals surface area (Å²) in [4.78, 5) is 3.98. The van der Waals surface area contributed by atoms with E-state index in [4.69, 9.17) is 0 Å². The highest BCUT2D eigenvalue weighted by molar-refractivity contribution is 5.28. The normalized spacial score (nSPS) is 12.7. The second-order valence-corrected chi connectivity index (χ2v) is 3.50. The van der Waals surface area contributed by atoms with Gasteiger partial charge in [-0.25, -0.2) is 0 Å². The molecule has 2 heterocycles. The molecule has 0 radical (unpaired) electrons. The molecule has 2 aromatic heterocycles. The second kappa shape index (κ2) is 3.82. The average Bonchev–Trinajstić information content (AvgIpc) is 2.60. The van der Waals surface area contributed by atoms with Crippen LogP contribution in [0.2, 0.25) is 0 Å². The van der Waals surface area contributed by atoms with Crippen LogP contribution in [-0.4, -0.2) is 19.9 Å². The van der Waals surface area contributed by atoms with E-state index >= 15 is 0 Å². The molecule has 1 unspecified atom stereocenters. The molecule has 0 amide bonds. The quantitative estimate of drug-likeness (QED) is 0.798. The number of nitrogens with zero attached hydrogens (tertiary/aromatic N) is 3. The first-order valence-electron chi connectivity index (χ1n) is 4.76. The fourth-order valence-corrected chi connectivity index (χ4v) is 1.50. The zero-order valence-electron chi connectivity index (χ0n) is 8.75. The van der Waals surface area contributed by atoms with E-state index in [-0.39, 0.29) is 0 Å². The molecule has 4 nitrogen and oxygen atoms in total. The van der Waals surface area contributed by atoms with Crippen molar-refractivity contribution in [2.24, 2.45) is 7.05 Å². The largest absolute Gasteiger partial charge is 0.383 e. The van der Waals surface area contributed by atoms with Crippen molar-refractivity contribution >= 4 is 0 Å². The lowest BCUT2D eigenvalue weighted by atomic mass is 10.0. The number of aliphatic hydroxyl groups excluding tert-OH is 1. The number of aromatic nitrogens is 3. The Morgan fingerprint density at radius 2 is 2.20 bits per heavy atom. The van der Waals surface area contributed by atoms with E-state index in [1.54, 1.807) is 23.3 Å². The minimum absolute atomic E-state index is 0.646. The van der Waals surface area contributed by atoms with Crippen LogP contribution in [0, 0.1) is 6.92 Å². The standard InChI is InChI=1S/C11H13N3O/c1-8-10(7-13-14(8)2)11(15)9-4-3-5-12-6-9/h3-7,11,15H,1-2H3. The molecule has 0 aliphatic heterocycles. The van der Waals surface area contributed by atoms with Gasteiger partial charge in [-0.05, 0) is 13.0 Å². The van der Waals surface area contributed by atoms with Gasteiger partial charge in [0.05, 0.1) is 6.20 Å². The number of aryl methyl sites for hydroxylation is 1. The van der Waals surface area contributed by atoms with E-state index < -0.39 is 6.10 Å². The van der Waals surface area contributed by atoms with E-state index in [0.29, 0.717) is 0 Å². The molecule has 0 aromatic carbocycles. The van der Waals surface area contributed by atoms with Crippen molar-refractivity contribution in [1.29, 1.82) is 0 Å². The summed E-state index contributed by atoms with van der Waals surface area (Å²) in [5.74, 6) is 0. The van der Waals surface area contributed by atoms with Crippen LogP contribution in [0.3, 0.4) is 0 Å². The summed E-state index contributed by atoms with van der Waals surface area (Å²) >= 11 is 0. The van der Waals surface area contributed by atoms with Crippen LogP contribution >= 0.6 is 0 Å². The van der Waals surface area contributed by atoms with Gasteiger partial charge in [-0.3, -0.25) is 9.67 Å². The molecule has 0 aliphatic rings. The maximum Gasteiger partial charge on any atom is 0.109 e. The fourth-order valence-electron chi connectivity index (χ4n) is 1.50. The molecule has 0 saturated heterocycles. The molecule has 0 bridgehead atoms. The van der Waals surface area contributed by atoms with Crippen molar-refractivity contribution in [3.8, 4) is 0 Å². The minimum Gasteiger partial charge on any atom is -0.383 e. The number of rotatable bonds is 2. The predicted molar refractivity (Wildman–Crippen MR) is 56.2 cm³/mol. The Morgan fingerprint density at radius 1 is 1.40 bits per heavy atom. The number of pyridine rings is 1. The molecule has 1 N–H and O–H groups in total. The molecule has 2 rings (SSSR count). The molecule has 1 atom stereocenters. The third-order valence-corrected chi connectivity index (χ3v) is 2.57. The second-order valence-electron chi connectivity index (χ2n) is 3.50. The van der Waals surface area contributed by atoms with Gasteiger partial charge in [-0.15, -0.1) is 0 Å². The molecular formula is C11H13N3O. The van der Waals surface area contributed by atoms with Crippen LogP contribution in [0.1, 0.15) is 22.9 Å². The minimum atomic E-state index is -0.646. The summed E-state index contributed by atoms with van der Waals surface area (Å²) in [6, 6.07) is 3.66. The zero-order chi connectivity index (χ0) is 10.8. The smallest absolute Gasteiger partial charge is 0.109 e. The molecule has 0 aliphatic carbocycles. The molecule has 0 saturated carbocycles. The lowest BCUT2D eigenvalue weighted by molar-refractivity contribution is 0.219. The summed E-state index contributed by atoms with van der Waals surface area (Å²) in [5.41, 5.74) is 2.57. The molecule has 0 fully saturated rings. The predicted octanol–water partition coefficient (Wildman–Crippen LogP) is 1.21. The van der Waals surface area contributed by atoms with Gasteiger partial charge in [0.25, 0.3) is 0 Å². The Bertz CT molecular complexity index is 450. The van der Waals surface area contributed by atoms with Gasteiger partial charge in [0.1, 0.15) is 6.10 Å². The number of aliphatic hydroxyl groups is 1. The van der Waals surface area contributed by atoms with Gasteiger partial charge in [0.15, 0.2) is 0 Å². The van der Waals surface area contributed by atoms with E-state index in [1.807, 2.05) is 26.1 Å². The summed E-state index contributed by atoms with van der Waals surface area (Å²) in [6.45, 7) is 1.93. The number of hydrogen-bond acceptors (Lipinski definition) is 3. The summed E-state index contributed by atoms with van der Waals surface area (Å²) < 4.78 is 1.74. The third-order valence-electron chi connectivity index (χ3n) is 2.57. The highest BCUT2D eigenvalue weighted by Crippen LogP contribution is 2.23.